The molecular formula is C15H10F2N2O5. The summed E-state index contributed by atoms with van der Waals surface area (Å²) >= 11 is 0. The molecular weight excluding hydrogens is 326 g/mol. The summed E-state index contributed by atoms with van der Waals surface area (Å²) in [4.78, 5) is 33.6. The Morgan fingerprint density at radius 2 is 1.83 bits per heavy atom. The molecule has 0 fully saturated rings. The zero-order valence-corrected chi connectivity index (χ0v) is 12.0. The molecule has 9 heteroatoms. The molecule has 0 spiro atoms. The number of esters is 1. The van der Waals surface area contributed by atoms with Gasteiger partial charge in [0.25, 0.3) is 5.69 Å². The van der Waals surface area contributed by atoms with E-state index in [2.05, 4.69) is 4.74 Å². The summed E-state index contributed by atoms with van der Waals surface area (Å²) in [6.45, 7) is -0.874. The van der Waals surface area contributed by atoms with E-state index in [0.717, 1.165) is 30.3 Å². The Kier molecular flexibility index (Phi) is 4.83. The number of nitrogen functional groups attached to an aromatic ring is 1. The summed E-state index contributed by atoms with van der Waals surface area (Å²) in [6, 6.07) is 5.41. The predicted octanol–water partition coefficient (Wildman–Crippen LogP) is 2.49. The molecule has 0 aliphatic heterocycles. The van der Waals surface area contributed by atoms with Crippen molar-refractivity contribution in [3.8, 4) is 0 Å². The quantitative estimate of drug-likeness (QED) is 0.295. The number of Topliss-reactive ketones (excluding diaryl/α,β-unsaturated/α-hetero) is 1. The number of hydrogen-bond acceptors (Lipinski definition) is 6. The molecule has 124 valence electrons. The first-order valence-corrected chi connectivity index (χ1v) is 6.49. The van der Waals surface area contributed by atoms with Gasteiger partial charge in [-0.15, -0.1) is 0 Å². The second-order valence-electron chi connectivity index (χ2n) is 4.65. The van der Waals surface area contributed by atoms with Gasteiger partial charge >= 0.3 is 5.97 Å². The Labute approximate surface area is 133 Å². The summed E-state index contributed by atoms with van der Waals surface area (Å²) in [5.41, 5.74) is 4.17. The second-order valence-corrected chi connectivity index (χ2v) is 4.65. The maximum atomic E-state index is 13.5. The number of rotatable bonds is 5. The van der Waals surface area contributed by atoms with Crippen LogP contribution in [-0.2, 0) is 4.74 Å². The molecule has 0 aromatic heterocycles. The maximum absolute atomic E-state index is 13.5. The van der Waals surface area contributed by atoms with Crippen molar-refractivity contribution >= 4 is 23.1 Å². The van der Waals surface area contributed by atoms with Crippen LogP contribution in [0.2, 0.25) is 0 Å². The van der Waals surface area contributed by atoms with Gasteiger partial charge < -0.3 is 10.5 Å². The Morgan fingerprint density at radius 1 is 1.12 bits per heavy atom. The zero-order chi connectivity index (χ0) is 17.9. The van der Waals surface area contributed by atoms with E-state index in [1.165, 1.54) is 0 Å². The van der Waals surface area contributed by atoms with Crippen LogP contribution in [0.5, 0.6) is 0 Å². The van der Waals surface area contributed by atoms with Crippen LogP contribution in [0.4, 0.5) is 20.2 Å². The Bertz CT molecular complexity index is 839. The fourth-order valence-corrected chi connectivity index (χ4v) is 1.83. The van der Waals surface area contributed by atoms with Crippen molar-refractivity contribution in [1.29, 1.82) is 0 Å². The Morgan fingerprint density at radius 3 is 2.50 bits per heavy atom. The minimum atomic E-state index is -1.10. The molecule has 0 saturated heterocycles. The van der Waals surface area contributed by atoms with Crippen LogP contribution in [0, 0.1) is 21.7 Å². The van der Waals surface area contributed by atoms with Crippen LogP contribution in [0.1, 0.15) is 20.7 Å². The van der Waals surface area contributed by atoms with Gasteiger partial charge in [-0.25, -0.2) is 13.6 Å². The molecule has 0 radical (unpaired) electrons. The molecule has 0 heterocycles. The smallest absolute Gasteiger partial charge is 0.340 e. The molecule has 0 bridgehead atoms. The lowest BCUT2D eigenvalue weighted by molar-refractivity contribution is -0.384. The topological polar surface area (TPSA) is 113 Å². The lowest BCUT2D eigenvalue weighted by atomic mass is 10.1. The first kappa shape index (κ1) is 17.0. The number of nitrogens with zero attached hydrogens (tertiary/aromatic N) is 1. The molecule has 2 rings (SSSR count). The van der Waals surface area contributed by atoms with Crippen molar-refractivity contribution in [2.24, 2.45) is 0 Å². The molecule has 0 saturated carbocycles. The SMILES string of the molecule is Nc1ccc([N+](=O)[O-])cc1C(=O)OCC(=O)c1cc(F)ccc1F. The van der Waals surface area contributed by atoms with E-state index in [9.17, 15) is 28.5 Å². The molecule has 24 heavy (non-hydrogen) atoms. The maximum Gasteiger partial charge on any atom is 0.340 e. The molecule has 2 aromatic carbocycles. The highest BCUT2D eigenvalue weighted by molar-refractivity contribution is 6.01. The van der Waals surface area contributed by atoms with E-state index in [1.807, 2.05) is 0 Å². The highest BCUT2D eigenvalue weighted by atomic mass is 19.1. The molecule has 2 aromatic rings. The standard InChI is InChI=1S/C15H10F2N2O5/c16-8-1-3-12(17)10(5-8)14(20)7-24-15(21)11-6-9(19(22)23)2-4-13(11)18/h1-6H,7,18H2. The van der Waals surface area contributed by atoms with Crippen molar-refractivity contribution < 1.29 is 28.0 Å². The first-order valence-electron chi connectivity index (χ1n) is 6.49. The van der Waals surface area contributed by atoms with Gasteiger partial charge in [0.05, 0.1) is 16.1 Å². The number of non-ortho nitro benzene ring substituents is 1. The van der Waals surface area contributed by atoms with Gasteiger partial charge in [-0.05, 0) is 24.3 Å². The second kappa shape index (κ2) is 6.82. The lowest BCUT2D eigenvalue weighted by Gasteiger charge is -2.07. The number of nitrogens with two attached hydrogens (primary N) is 1. The van der Waals surface area contributed by atoms with E-state index in [0.29, 0.717) is 6.07 Å². The first-order chi connectivity index (χ1) is 11.3. The van der Waals surface area contributed by atoms with Crippen molar-refractivity contribution in [2.75, 3.05) is 12.3 Å². The number of halogens is 2. The molecule has 0 aliphatic rings. The van der Waals surface area contributed by atoms with E-state index in [1.54, 1.807) is 0 Å². The number of ketones is 1. The monoisotopic (exact) mass is 336 g/mol. The number of anilines is 1. The number of benzene rings is 2. The third-order valence-electron chi connectivity index (χ3n) is 3.03. The van der Waals surface area contributed by atoms with Gasteiger partial charge in [-0.3, -0.25) is 14.9 Å². The number of ether oxygens (including phenoxy) is 1. The summed E-state index contributed by atoms with van der Waals surface area (Å²) in [6.07, 6.45) is 0. The third-order valence-corrected chi connectivity index (χ3v) is 3.03. The van der Waals surface area contributed by atoms with Crippen molar-refractivity contribution in [2.45, 2.75) is 0 Å². The van der Waals surface area contributed by atoms with Crippen molar-refractivity contribution in [3.63, 3.8) is 0 Å². The lowest BCUT2D eigenvalue weighted by Crippen LogP contribution is -2.16. The molecule has 0 atom stereocenters. The summed E-state index contributed by atoms with van der Waals surface area (Å²) in [7, 11) is 0. The average molecular weight is 336 g/mol. The minimum absolute atomic E-state index is 0.0880. The Balaban J connectivity index is 2.13. The van der Waals surface area contributed by atoms with Crippen LogP contribution >= 0.6 is 0 Å². The normalized spacial score (nSPS) is 10.2. The summed E-state index contributed by atoms with van der Waals surface area (Å²) in [5, 5.41) is 10.7. The van der Waals surface area contributed by atoms with Crippen LogP contribution < -0.4 is 5.73 Å². The van der Waals surface area contributed by atoms with Gasteiger partial charge in [-0.1, -0.05) is 0 Å². The molecule has 0 unspecified atom stereocenters. The van der Waals surface area contributed by atoms with Gasteiger partial charge in [0.15, 0.2) is 6.61 Å². The molecule has 0 amide bonds. The number of carbonyl (C=O) groups is 2. The molecule has 2 N–H and O–H groups in total. The Hall–Kier alpha value is -3.36. The average Bonchev–Trinajstić information content (AvgIpc) is 2.54. The number of nitro groups is 1. The highest BCUT2D eigenvalue weighted by Crippen LogP contribution is 2.20. The van der Waals surface area contributed by atoms with Crippen LogP contribution in [0.15, 0.2) is 36.4 Å². The number of nitro benzene ring substituents is 1. The third kappa shape index (κ3) is 3.69. The highest BCUT2D eigenvalue weighted by Gasteiger charge is 2.19. The fourth-order valence-electron chi connectivity index (χ4n) is 1.83. The van der Waals surface area contributed by atoms with Gasteiger partial charge in [0, 0.05) is 17.8 Å². The largest absolute Gasteiger partial charge is 0.454 e. The summed E-state index contributed by atoms with van der Waals surface area (Å²) < 4.78 is 31.2. The van der Waals surface area contributed by atoms with Crippen LogP contribution in [-0.4, -0.2) is 23.3 Å². The fraction of sp³-hybridized carbons (Fsp3) is 0.0667. The van der Waals surface area contributed by atoms with E-state index in [-0.39, 0.29) is 11.3 Å². The number of carbonyl (C=O) groups excluding carboxylic acids is 2. The summed E-state index contributed by atoms with van der Waals surface area (Å²) in [5.74, 6) is -3.85. The van der Waals surface area contributed by atoms with Gasteiger partial charge in [-0.2, -0.15) is 0 Å². The van der Waals surface area contributed by atoms with Gasteiger partial charge in [0.2, 0.25) is 5.78 Å². The predicted molar refractivity (Wildman–Crippen MR) is 78.5 cm³/mol. The molecule has 0 aliphatic carbocycles. The van der Waals surface area contributed by atoms with E-state index in [4.69, 9.17) is 5.73 Å². The van der Waals surface area contributed by atoms with Crippen LogP contribution in [0.25, 0.3) is 0 Å². The van der Waals surface area contributed by atoms with Crippen LogP contribution in [0.3, 0.4) is 0 Å². The minimum Gasteiger partial charge on any atom is -0.454 e. The van der Waals surface area contributed by atoms with Gasteiger partial charge in [0.1, 0.15) is 11.6 Å². The van der Waals surface area contributed by atoms with E-state index >= 15 is 0 Å². The number of hydrogen-bond donors (Lipinski definition) is 1. The van der Waals surface area contributed by atoms with E-state index < -0.39 is 46.2 Å². The van der Waals surface area contributed by atoms with Crippen molar-refractivity contribution in [1.82, 2.24) is 0 Å². The van der Waals surface area contributed by atoms with Crippen molar-refractivity contribution in [3.05, 3.63) is 69.3 Å². The molecule has 7 nitrogen and oxygen atoms in total. The zero-order valence-electron chi connectivity index (χ0n) is 12.0.